The average molecular weight is 469 g/mol. The van der Waals surface area contributed by atoms with Gasteiger partial charge >= 0.3 is 12.1 Å². The van der Waals surface area contributed by atoms with Gasteiger partial charge in [-0.15, -0.1) is 5.10 Å². The molecule has 10 heteroatoms. The Balaban J connectivity index is 1.37. The molecule has 0 aliphatic heterocycles. The standard InChI is InChI=1S/C24H28N4O6/c1-27(14-16-7-4-3-5-8-16)24(31)32-15-19-22(25-26-28(19)2)20-11-12-21(34-20)33-18-10-6-9-17(13-18)23(29)30/h3-5,7-8,11-12,17-18H,6,9-10,13-15H2,1-2H3,(H,29,30)/t17-,18-/m0/s1. The molecule has 0 unspecified atom stereocenters. The number of carbonyl (C=O) groups is 2. The average Bonchev–Trinajstić information content (AvgIpc) is 3.44. The maximum absolute atomic E-state index is 12.5. The van der Waals surface area contributed by atoms with Crippen molar-refractivity contribution >= 4 is 12.1 Å². The third kappa shape index (κ3) is 5.56. The van der Waals surface area contributed by atoms with Crippen molar-refractivity contribution in [1.29, 1.82) is 0 Å². The number of aliphatic carboxylic acids is 1. The van der Waals surface area contributed by atoms with Gasteiger partial charge in [0, 0.05) is 26.7 Å². The molecule has 1 saturated carbocycles. The zero-order chi connectivity index (χ0) is 24.1. The first-order chi connectivity index (χ1) is 16.4. The Morgan fingerprint density at radius 3 is 2.76 bits per heavy atom. The molecule has 1 aliphatic rings. The molecule has 0 saturated heterocycles. The van der Waals surface area contributed by atoms with Gasteiger partial charge in [-0.3, -0.25) is 4.79 Å². The normalized spacial score (nSPS) is 17.8. The van der Waals surface area contributed by atoms with Crippen molar-refractivity contribution in [2.45, 2.75) is 44.9 Å². The second kappa shape index (κ2) is 10.4. The minimum Gasteiger partial charge on any atom is -0.481 e. The molecule has 1 amide bonds. The van der Waals surface area contributed by atoms with Gasteiger partial charge in [-0.05, 0) is 37.3 Å². The van der Waals surface area contributed by atoms with E-state index in [1.807, 2.05) is 30.3 Å². The number of benzene rings is 1. The lowest BCUT2D eigenvalue weighted by atomic mass is 9.87. The summed E-state index contributed by atoms with van der Waals surface area (Å²) in [7, 11) is 3.38. The van der Waals surface area contributed by atoms with Crippen molar-refractivity contribution in [1.82, 2.24) is 19.9 Å². The highest BCUT2D eigenvalue weighted by atomic mass is 16.6. The largest absolute Gasteiger partial charge is 0.481 e. The van der Waals surface area contributed by atoms with Crippen LogP contribution in [-0.2, 0) is 29.7 Å². The number of hydrogen-bond acceptors (Lipinski definition) is 7. The summed E-state index contributed by atoms with van der Waals surface area (Å²) >= 11 is 0. The van der Waals surface area contributed by atoms with Crippen LogP contribution < -0.4 is 4.74 Å². The van der Waals surface area contributed by atoms with E-state index in [1.54, 1.807) is 26.2 Å². The summed E-state index contributed by atoms with van der Waals surface area (Å²) in [5.41, 5.74) is 2.02. The Bertz CT molecular complexity index is 1130. The summed E-state index contributed by atoms with van der Waals surface area (Å²) in [5.74, 6) is -0.462. The van der Waals surface area contributed by atoms with Crippen LogP contribution in [0.4, 0.5) is 4.79 Å². The highest BCUT2D eigenvalue weighted by Gasteiger charge is 2.29. The topological polar surface area (TPSA) is 120 Å². The highest BCUT2D eigenvalue weighted by molar-refractivity contribution is 5.70. The second-order valence-corrected chi connectivity index (χ2v) is 8.46. The lowest BCUT2D eigenvalue weighted by molar-refractivity contribution is -0.144. The number of carboxylic acids is 1. The molecule has 34 heavy (non-hydrogen) atoms. The van der Waals surface area contributed by atoms with Crippen LogP contribution in [0.25, 0.3) is 11.5 Å². The summed E-state index contributed by atoms with van der Waals surface area (Å²) in [6, 6.07) is 13.0. The number of carbonyl (C=O) groups excluding carboxylic acids is 1. The third-order valence-corrected chi connectivity index (χ3v) is 5.92. The Labute approximate surface area is 197 Å². The molecule has 1 fully saturated rings. The number of amides is 1. The molecular formula is C24H28N4O6. The van der Waals surface area contributed by atoms with Gasteiger partial charge in [-0.2, -0.15) is 0 Å². The SMILES string of the molecule is CN(Cc1ccccc1)C(=O)OCc1c(-c2ccc(O[C@H]3CCC[C@H](C(=O)O)C3)o2)nnn1C. The number of furan rings is 1. The second-order valence-electron chi connectivity index (χ2n) is 8.46. The van der Waals surface area contributed by atoms with Crippen molar-refractivity contribution in [2.75, 3.05) is 7.05 Å². The Kier molecular flexibility index (Phi) is 7.15. The zero-order valence-electron chi connectivity index (χ0n) is 19.2. The minimum absolute atomic E-state index is 0.0311. The van der Waals surface area contributed by atoms with Crippen LogP contribution in [0.2, 0.25) is 0 Å². The van der Waals surface area contributed by atoms with Crippen molar-refractivity contribution < 1.29 is 28.6 Å². The summed E-state index contributed by atoms with van der Waals surface area (Å²) in [5, 5.41) is 17.5. The van der Waals surface area contributed by atoms with Crippen LogP contribution in [0.5, 0.6) is 5.95 Å². The maximum atomic E-state index is 12.5. The molecule has 180 valence electrons. The quantitative estimate of drug-likeness (QED) is 0.529. The number of aromatic nitrogens is 3. The van der Waals surface area contributed by atoms with E-state index in [2.05, 4.69) is 10.3 Å². The van der Waals surface area contributed by atoms with Gasteiger partial charge in [0.2, 0.25) is 0 Å². The molecule has 0 bridgehead atoms. The van der Waals surface area contributed by atoms with Gasteiger partial charge in [-0.25, -0.2) is 9.48 Å². The van der Waals surface area contributed by atoms with Gasteiger partial charge in [-0.1, -0.05) is 35.5 Å². The fourth-order valence-electron chi connectivity index (χ4n) is 4.04. The van der Waals surface area contributed by atoms with E-state index < -0.39 is 18.0 Å². The fourth-order valence-corrected chi connectivity index (χ4v) is 4.04. The van der Waals surface area contributed by atoms with Crippen LogP contribution in [0.1, 0.15) is 36.9 Å². The zero-order valence-corrected chi connectivity index (χ0v) is 19.2. The van der Waals surface area contributed by atoms with E-state index in [9.17, 15) is 14.7 Å². The van der Waals surface area contributed by atoms with Gasteiger partial charge in [0.1, 0.15) is 18.4 Å². The monoisotopic (exact) mass is 468 g/mol. The lowest BCUT2D eigenvalue weighted by Crippen LogP contribution is -2.29. The molecule has 4 rings (SSSR count). The van der Waals surface area contributed by atoms with Crippen LogP contribution >= 0.6 is 0 Å². The predicted octanol–water partition coefficient (Wildman–Crippen LogP) is 3.87. The van der Waals surface area contributed by atoms with Crippen molar-refractivity contribution in [2.24, 2.45) is 13.0 Å². The number of nitrogens with zero attached hydrogens (tertiary/aromatic N) is 4. The molecule has 2 atom stereocenters. The molecule has 2 aromatic heterocycles. The van der Waals surface area contributed by atoms with Gasteiger partial charge in [0.05, 0.1) is 5.92 Å². The molecular weight excluding hydrogens is 440 g/mol. The number of carboxylic acid groups (broad SMARTS) is 1. The molecule has 1 aliphatic carbocycles. The molecule has 2 heterocycles. The van der Waals surface area contributed by atoms with Crippen LogP contribution in [0.3, 0.4) is 0 Å². The fraction of sp³-hybridized carbons (Fsp3) is 0.417. The number of aryl methyl sites for hydroxylation is 1. The van der Waals surface area contributed by atoms with Crippen LogP contribution in [0, 0.1) is 5.92 Å². The van der Waals surface area contributed by atoms with E-state index in [0.717, 1.165) is 18.4 Å². The summed E-state index contributed by atoms with van der Waals surface area (Å²) < 4.78 is 18.7. The highest BCUT2D eigenvalue weighted by Crippen LogP contribution is 2.32. The molecule has 3 aromatic rings. The van der Waals surface area contributed by atoms with E-state index in [4.69, 9.17) is 13.9 Å². The van der Waals surface area contributed by atoms with Crippen LogP contribution in [-0.4, -0.2) is 50.2 Å². The molecule has 1 N–H and O–H groups in total. The van der Waals surface area contributed by atoms with E-state index in [0.29, 0.717) is 42.5 Å². The molecule has 0 spiro atoms. The summed E-state index contributed by atoms with van der Waals surface area (Å²) in [6.07, 6.45) is 2.02. The van der Waals surface area contributed by atoms with Gasteiger partial charge < -0.3 is 23.9 Å². The number of hydrogen-bond donors (Lipinski definition) is 1. The molecule has 10 nitrogen and oxygen atoms in total. The third-order valence-electron chi connectivity index (χ3n) is 5.92. The number of rotatable bonds is 8. The number of ether oxygens (including phenoxy) is 2. The van der Waals surface area contributed by atoms with Gasteiger partial charge in [0.15, 0.2) is 11.5 Å². The van der Waals surface area contributed by atoms with Gasteiger partial charge in [0.25, 0.3) is 5.95 Å². The first kappa shape index (κ1) is 23.3. The van der Waals surface area contributed by atoms with Crippen molar-refractivity contribution in [3.63, 3.8) is 0 Å². The maximum Gasteiger partial charge on any atom is 0.410 e. The Morgan fingerprint density at radius 2 is 2.00 bits per heavy atom. The first-order valence-electron chi connectivity index (χ1n) is 11.2. The molecule has 0 radical (unpaired) electrons. The smallest absolute Gasteiger partial charge is 0.410 e. The van der Waals surface area contributed by atoms with E-state index in [-0.39, 0.29) is 12.7 Å². The van der Waals surface area contributed by atoms with Crippen LogP contribution in [0.15, 0.2) is 46.9 Å². The lowest BCUT2D eigenvalue weighted by Gasteiger charge is -2.26. The van der Waals surface area contributed by atoms with Crippen molar-refractivity contribution in [3.05, 3.63) is 53.7 Å². The van der Waals surface area contributed by atoms with E-state index in [1.165, 1.54) is 9.58 Å². The molecule has 1 aromatic carbocycles. The summed E-state index contributed by atoms with van der Waals surface area (Å²) in [4.78, 5) is 25.3. The Morgan fingerprint density at radius 1 is 1.21 bits per heavy atom. The van der Waals surface area contributed by atoms with Crippen molar-refractivity contribution in [3.8, 4) is 17.4 Å². The Hall–Kier alpha value is -3.82. The first-order valence-corrected chi connectivity index (χ1v) is 11.2. The van der Waals surface area contributed by atoms with E-state index >= 15 is 0 Å². The minimum atomic E-state index is -0.790. The predicted molar refractivity (Wildman–Crippen MR) is 121 cm³/mol. The summed E-state index contributed by atoms with van der Waals surface area (Å²) in [6.45, 7) is 0.398.